The lowest BCUT2D eigenvalue weighted by molar-refractivity contribution is 0.0204. The Morgan fingerprint density at radius 1 is 1.28 bits per heavy atom. The number of hydrogen-bond acceptors (Lipinski definition) is 4. The van der Waals surface area contributed by atoms with Crippen molar-refractivity contribution in [2.24, 2.45) is 0 Å². The molecule has 5 nitrogen and oxygen atoms in total. The van der Waals surface area contributed by atoms with Crippen molar-refractivity contribution in [2.75, 3.05) is 18.8 Å². The molecule has 1 aliphatic rings. The Labute approximate surface area is 164 Å². The molecule has 6 heteroatoms. The van der Waals surface area contributed by atoms with E-state index in [0.29, 0.717) is 24.7 Å². The number of rotatable bonds is 3. The number of halogens is 1. The van der Waals surface area contributed by atoms with Gasteiger partial charge in [-0.3, -0.25) is 0 Å². The van der Waals surface area contributed by atoms with E-state index in [9.17, 15) is 4.79 Å². The van der Waals surface area contributed by atoms with Crippen LogP contribution in [0.1, 0.15) is 58.9 Å². The van der Waals surface area contributed by atoms with E-state index in [1.165, 1.54) is 5.56 Å². The number of benzene rings is 1. The van der Waals surface area contributed by atoms with Crippen molar-refractivity contribution < 1.29 is 14.3 Å². The number of ether oxygens (including phenoxy) is 2. The zero-order valence-corrected chi connectivity index (χ0v) is 17.9. The molecule has 0 atom stereocenters. The summed E-state index contributed by atoms with van der Waals surface area (Å²) in [4.78, 5) is 14.0. The van der Waals surface area contributed by atoms with Gasteiger partial charge in [-0.2, -0.15) is 0 Å². The summed E-state index contributed by atoms with van der Waals surface area (Å²) >= 11 is 2.33. The number of nitrogen functional groups attached to an aromatic ring is 1. The molecule has 0 saturated carbocycles. The molecule has 1 amide bonds. The van der Waals surface area contributed by atoms with Crippen LogP contribution in [0.15, 0.2) is 12.1 Å². The topological polar surface area (TPSA) is 64.8 Å². The van der Waals surface area contributed by atoms with Crippen LogP contribution in [-0.4, -0.2) is 35.8 Å². The minimum atomic E-state index is -0.455. The van der Waals surface area contributed by atoms with Crippen molar-refractivity contribution in [1.29, 1.82) is 0 Å². The summed E-state index contributed by atoms with van der Waals surface area (Å²) in [5, 5.41) is 0. The molecule has 1 aromatic rings. The number of piperidine rings is 1. The summed E-state index contributed by atoms with van der Waals surface area (Å²) in [5.74, 6) is 1.15. The van der Waals surface area contributed by atoms with Crippen LogP contribution in [0.25, 0.3) is 0 Å². The van der Waals surface area contributed by atoms with Crippen molar-refractivity contribution in [3.8, 4) is 5.75 Å². The Balaban J connectivity index is 2.06. The highest BCUT2D eigenvalue weighted by molar-refractivity contribution is 14.1. The maximum atomic E-state index is 12.2. The first-order valence-corrected chi connectivity index (χ1v) is 9.88. The first-order valence-electron chi connectivity index (χ1n) is 8.80. The second-order valence-electron chi connectivity index (χ2n) is 7.82. The molecule has 140 valence electrons. The van der Waals surface area contributed by atoms with Crippen molar-refractivity contribution in [3.05, 3.63) is 21.3 Å². The van der Waals surface area contributed by atoms with E-state index in [4.69, 9.17) is 15.2 Å². The number of carbonyl (C=O) groups is 1. The summed E-state index contributed by atoms with van der Waals surface area (Å²) in [5.41, 5.74) is 7.57. The lowest BCUT2D eigenvalue weighted by Gasteiger charge is -2.34. The zero-order valence-electron chi connectivity index (χ0n) is 15.8. The van der Waals surface area contributed by atoms with Gasteiger partial charge in [-0.1, -0.05) is 0 Å². The Hall–Kier alpha value is -1.18. The maximum absolute atomic E-state index is 12.2. The fourth-order valence-electron chi connectivity index (χ4n) is 2.95. The zero-order chi connectivity index (χ0) is 18.8. The molecular formula is C19H29IN2O3. The maximum Gasteiger partial charge on any atom is 0.410 e. The highest BCUT2D eigenvalue weighted by Gasteiger charge is 2.28. The molecule has 1 heterocycles. The summed E-state index contributed by atoms with van der Waals surface area (Å²) in [6.07, 6.45) is 1.70. The van der Waals surface area contributed by atoms with Gasteiger partial charge in [-0.05, 0) is 93.7 Å². The fraction of sp³-hybridized carbons (Fsp3) is 0.632. The van der Waals surface area contributed by atoms with E-state index in [0.717, 1.165) is 22.2 Å². The Morgan fingerprint density at radius 2 is 1.88 bits per heavy atom. The molecule has 0 aromatic heterocycles. The first kappa shape index (κ1) is 20.1. The van der Waals surface area contributed by atoms with Crippen molar-refractivity contribution in [2.45, 2.75) is 65.1 Å². The molecule has 0 radical (unpaired) electrons. The van der Waals surface area contributed by atoms with E-state index in [2.05, 4.69) is 28.7 Å². The van der Waals surface area contributed by atoms with Gasteiger partial charge in [0, 0.05) is 16.7 Å². The van der Waals surface area contributed by atoms with Gasteiger partial charge in [0.2, 0.25) is 0 Å². The highest BCUT2D eigenvalue weighted by Crippen LogP contribution is 2.36. The number of likely N-dealkylation sites (tertiary alicyclic amines) is 1. The van der Waals surface area contributed by atoms with Gasteiger partial charge in [-0.25, -0.2) is 4.79 Å². The van der Waals surface area contributed by atoms with Crippen LogP contribution in [-0.2, 0) is 4.74 Å². The molecular weight excluding hydrogens is 431 g/mol. The monoisotopic (exact) mass is 460 g/mol. The molecule has 2 rings (SSSR count). The third kappa shape index (κ3) is 5.66. The van der Waals surface area contributed by atoms with E-state index in [1.54, 1.807) is 4.90 Å². The van der Waals surface area contributed by atoms with Gasteiger partial charge in [0.25, 0.3) is 0 Å². The number of amides is 1. The molecule has 1 fully saturated rings. The van der Waals surface area contributed by atoms with Crippen LogP contribution in [0.2, 0.25) is 0 Å². The van der Waals surface area contributed by atoms with E-state index in [1.807, 2.05) is 40.7 Å². The van der Waals surface area contributed by atoms with E-state index in [-0.39, 0.29) is 12.2 Å². The van der Waals surface area contributed by atoms with Crippen LogP contribution >= 0.6 is 22.6 Å². The van der Waals surface area contributed by atoms with Gasteiger partial charge >= 0.3 is 6.09 Å². The number of carbonyl (C=O) groups excluding carboxylic acids is 1. The van der Waals surface area contributed by atoms with Crippen LogP contribution in [0.5, 0.6) is 5.75 Å². The molecule has 0 spiro atoms. The normalized spacial score (nSPS) is 16.2. The van der Waals surface area contributed by atoms with Crippen LogP contribution < -0.4 is 10.5 Å². The smallest absolute Gasteiger partial charge is 0.410 e. The highest BCUT2D eigenvalue weighted by atomic mass is 127. The third-order valence-corrected chi connectivity index (χ3v) is 5.01. The Kier molecular flexibility index (Phi) is 6.45. The summed E-state index contributed by atoms with van der Waals surface area (Å²) in [7, 11) is 0. The Bertz CT molecular complexity index is 618. The lowest BCUT2D eigenvalue weighted by atomic mass is 9.89. The minimum Gasteiger partial charge on any atom is -0.489 e. The van der Waals surface area contributed by atoms with Gasteiger partial charge in [0.15, 0.2) is 0 Å². The molecule has 0 bridgehead atoms. The quantitative estimate of drug-likeness (QED) is 0.521. The SMILES string of the molecule is CC(C)Oc1cc(C2CCN(C(=O)OC(C)(C)C)CC2)c(I)cc1N. The lowest BCUT2D eigenvalue weighted by Crippen LogP contribution is -2.41. The molecule has 0 aliphatic carbocycles. The van der Waals surface area contributed by atoms with Crippen molar-refractivity contribution >= 4 is 34.4 Å². The first-order chi connectivity index (χ1) is 11.6. The molecule has 1 aliphatic heterocycles. The largest absolute Gasteiger partial charge is 0.489 e. The predicted octanol–water partition coefficient (Wildman–Crippen LogP) is 4.78. The minimum absolute atomic E-state index is 0.0872. The average Bonchev–Trinajstić information content (AvgIpc) is 2.48. The Morgan fingerprint density at radius 3 is 2.40 bits per heavy atom. The van der Waals surface area contributed by atoms with Gasteiger partial charge in [-0.15, -0.1) is 0 Å². The fourth-order valence-corrected chi connectivity index (χ4v) is 3.88. The van der Waals surface area contributed by atoms with Crippen LogP contribution in [0.4, 0.5) is 10.5 Å². The predicted molar refractivity (Wildman–Crippen MR) is 109 cm³/mol. The van der Waals surface area contributed by atoms with Crippen LogP contribution in [0.3, 0.4) is 0 Å². The van der Waals surface area contributed by atoms with E-state index < -0.39 is 5.60 Å². The van der Waals surface area contributed by atoms with Crippen LogP contribution in [0, 0.1) is 3.57 Å². The van der Waals surface area contributed by atoms with Gasteiger partial charge in [0.05, 0.1) is 11.8 Å². The molecule has 1 saturated heterocycles. The summed E-state index contributed by atoms with van der Waals surface area (Å²) < 4.78 is 12.5. The summed E-state index contributed by atoms with van der Waals surface area (Å²) in [6.45, 7) is 11.1. The standard InChI is InChI=1S/C19H29IN2O3/c1-12(2)24-17-10-14(15(20)11-16(17)21)13-6-8-22(9-7-13)18(23)25-19(3,4)5/h10-13H,6-9,21H2,1-5H3. The molecule has 2 N–H and O–H groups in total. The van der Waals surface area contributed by atoms with Crippen molar-refractivity contribution in [1.82, 2.24) is 4.90 Å². The van der Waals surface area contributed by atoms with Crippen molar-refractivity contribution in [3.63, 3.8) is 0 Å². The second kappa shape index (κ2) is 8.01. The average molecular weight is 460 g/mol. The molecule has 1 aromatic carbocycles. The molecule has 0 unspecified atom stereocenters. The molecule has 25 heavy (non-hydrogen) atoms. The number of nitrogens with zero attached hydrogens (tertiary/aromatic N) is 1. The number of anilines is 1. The summed E-state index contributed by atoms with van der Waals surface area (Å²) in [6, 6.07) is 4.05. The van der Waals surface area contributed by atoms with Gasteiger partial charge in [0.1, 0.15) is 11.4 Å². The van der Waals surface area contributed by atoms with Gasteiger partial charge < -0.3 is 20.1 Å². The number of hydrogen-bond donors (Lipinski definition) is 1. The number of nitrogens with two attached hydrogens (primary N) is 1. The second-order valence-corrected chi connectivity index (χ2v) is 8.98. The van der Waals surface area contributed by atoms with E-state index >= 15 is 0 Å². The third-order valence-electron chi connectivity index (χ3n) is 4.08.